The molecule has 1 aromatic heterocycles. The molecule has 0 fully saturated rings. The molecule has 0 aliphatic rings. The van der Waals surface area contributed by atoms with Gasteiger partial charge >= 0.3 is 0 Å². The van der Waals surface area contributed by atoms with Gasteiger partial charge in [0.1, 0.15) is 11.5 Å². The van der Waals surface area contributed by atoms with Crippen molar-refractivity contribution >= 4 is 17.7 Å². The third-order valence-electron chi connectivity index (χ3n) is 4.01. The fraction of sp³-hybridized carbons (Fsp3) is 0.211. The lowest BCUT2D eigenvalue weighted by atomic mass is 10.2. The van der Waals surface area contributed by atoms with E-state index in [9.17, 15) is 4.79 Å². The zero-order chi connectivity index (χ0) is 19.9. The molecule has 0 unspecified atom stereocenters. The Balaban J connectivity index is 1.61. The Morgan fingerprint density at radius 2 is 1.75 bits per heavy atom. The highest BCUT2D eigenvalue weighted by atomic mass is 32.2. The van der Waals surface area contributed by atoms with Gasteiger partial charge in [-0.05, 0) is 18.2 Å². The molecule has 28 heavy (non-hydrogen) atoms. The van der Waals surface area contributed by atoms with Crippen LogP contribution in [0.3, 0.4) is 0 Å². The van der Waals surface area contributed by atoms with Crippen molar-refractivity contribution in [3.05, 3.63) is 54.1 Å². The van der Waals surface area contributed by atoms with E-state index in [1.165, 1.54) is 16.4 Å². The number of thioether (sulfide) groups is 1. The molecule has 0 aliphatic heterocycles. The number of methoxy groups -OCH3 is 2. The number of para-hydroxylation sites is 2. The van der Waals surface area contributed by atoms with Crippen molar-refractivity contribution in [1.82, 2.24) is 20.2 Å². The number of aromatic nitrogens is 3. The predicted molar refractivity (Wildman–Crippen MR) is 108 cm³/mol. The average molecular weight is 399 g/mol. The summed E-state index contributed by atoms with van der Waals surface area (Å²) in [5, 5.41) is 11.5. The number of nitrogen functional groups attached to an aromatic ring is 1. The van der Waals surface area contributed by atoms with Gasteiger partial charge in [0.25, 0.3) is 0 Å². The van der Waals surface area contributed by atoms with Crippen molar-refractivity contribution in [3.8, 4) is 22.9 Å². The molecule has 1 heterocycles. The van der Waals surface area contributed by atoms with Crippen LogP contribution in [0.15, 0.2) is 53.7 Å². The molecule has 0 radical (unpaired) electrons. The second-order valence-electron chi connectivity index (χ2n) is 5.75. The van der Waals surface area contributed by atoms with Gasteiger partial charge < -0.3 is 20.6 Å². The van der Waals surface area contributed by atoms with Crippen LogP contribution in [-0.2, 0) is 11.3 Å². The zero-order valence-electron chi connectivity index (χ0n) is 15.6. The molecule has 0 bridgehead atoms. The summed E-state index contributed by atoms with van der Waals surface area (Å²) < 4.78 is 12.0. The summed E-state index contributed by atoms with van der Waals surface area (Å²) >= 11 is 1.21. The highest BCUT2D eigenvalue weighted by Gasteiger charge is 2.16. The van der Waals surface area contributed by atoms with Gasteiger partial charge in [0, 0.05) is 12.1 Å². The van der Waals surface area contributed by atoms with Crippen LogP contribution >= 0.6 is 11.8 Å². The highest BCUT2D eigenvalue weighted by Crippen LogP contribution is 2.29. The number of rotatable bonds is 8. The normalized spacial score (nSPS) is 10.5. The van der Waals surface area contributed by atoms with E-state index in [4.69, 9.17) is 15.3 Å². The molecule has 3 aromatic rings. The van der Waals surface area contributed by atoms with Crippen molar-refractivity contribution in [1.29, 1.82) is 0 Å². The molecular weight excluding hydrogens is 378 g/mol. The Morgan fingerprint density at radius 1 is 1.07 bits per heavy atom. The van der Waals surface area contributed by atoms with Crippen molar-refractivity contribution < 1.29 is 14.3 Å². The van der Waals surface area contributed by atoms with E-state index < -0.39 is 0 Å². The van der Waals surface area contributed by atoms with E-state index >= 15 is 0 Å². The van der Waals surface area contributed by atoms with E-state index in [-0.39, 0.29) is 11.7 Å². The molecule has 0 spiro atoms. The first-order chi connectivity index (χ1) is 13.6. The number of carbonyl (C=O) groups excluding carboxylic acids is 1. The lowest BCUT2D eigenvalue weighted by Gasteiger charge is -2.09. The maximum absolute atomic E-state index is 12.2. The van der Waals surface area contributed by atoms with Gasteiger partial charge in [0.2, 0.25) is 11.1 Å². The summed E-state index contributed by atoms with van der Waals surface area (Å²) in [7, 11) is 3.18. The lowest BCUT2D eigenvalue weighted by molar-refractivity contribution is -0.118. The third kappa shape index (κ3) is 4.37. The molecule has 146 valence electrons. The number of ether oxygens (including phenoxy) is 2. The van der Waals surface area contributed by atoms with Crippen LogP contribution in [0, 0.1) is 0 Å². The number of nitrogens with one attached hydrogen (secondary N) is 1. The molecule has 3 N–H and O–H groups in total. The Morgan fingerprint density at radius 3 is 2.50 bits per heavy atom. The SMILES string of the molecule is COc1ccccc1CNC(=O)CSc1nnc(-c2ccccc2OC)n1N. The van der Waals surface area contributed by atoms with E-state index in [1.54, 1.807) is 14.2 Å². The standard InChI is InChI=1S/C19H21N5O3S/c1-26-15-9-5-3-7-13(15)11-21-17(25)12-28-19-23-22-18(24(19)20)14-8-4-6-10-16(14)27-2/h3-10H,11-12,20H2,1-2H3,(H,21,25). The molecular formula is C19H21N5O3S. The minimum Gasteiger partial charge on any atom is -0.496 e. The fourth-order valence-electron chi connectivity index (χ4n) is 2.61. The molecule has 9 heteroatoms. The lowest BCUT2D eigenvalue weighted by Crippen LogP contribution is -2.25. The van der Waals surface area contributed by atoms with Gasteiger partial charge in [-0.2, -0.15) is 0 Å². The van der Waals surface area contributed by atoms with E-state index in [1.807, 2.05) is 48.5 Å². The first-order valence-corrected chi connectivity index (χ1v) is 9.48. The van der Waals surface area contributed by atoms with Crippen LogP contribution in [0.2, 0.25) is 0 Å². The van der Waals surface area contributed by atoms with Crippen molar-refractivity contribution in [2.45, 2.75) is 11.7 Å². The maximum atomic E-state index is 12.2. The number of nitrogens with zero attached hydrogens (tertiary/aromatic N) is 3. The summed E-state index contributed by atoms with van der Waals surface area (Å²) in [5.74, 6) is 7.99. The summed E-state index contributed by atoms with van der Waals surface area (Å²) in [4.78, 5) is 12.2. The van der Waals surface area contributed by atoms with Gasteiger partial charge in [-0.1, -0.05) is 42.1 Å². The number of hydrogen-bond acceptors (Lipinski definition) is 7. The summed E-state index contributed by atoms with van der Waals surface area (Å²) in [5.41, 5.74) is 1.64. The first kappa shape index (κ1) is 19.6. The van der Waals surface area contributed by atoms with Crippen LogP contribution in [0.1, 0.15) is 5.56 Å². The zero-order valence-corrected chi connectivity index (χ0v) is 16.4. The molecule has 0 aliphatic carbocycles. The Kier molecular flexibility index (Phi) is 6.38. The second-order valence-corrected chi connectivity index (χ2v) is 6.70. The molecule has 8 nitrogen and oxygen atoms in total. The van der Waals surface area contributed by atoms with Crippen LogP contribution in [0.25, 0.3) is 11.4 Å². The van der Waals surface area contributed by atoms with Gasteiger partial charge in [-0.3, -0.25) is 4.79 Å². The Hall–Kier alpha value is -3.20. The van der Waals surface area contributed by atoms with Gasteiger partial charge in [0.05, 0.1) is 25.5 Å². The van der Waals surface area contributed by atoms with E-state index in [0.717, 1.165) is 16.9 Å². The molecule has 3 rings (SSSR count). The average Bonchev–Trinajstić information content (AvgIpc) is 3.11. The van der Waals surface area contributed by atoms with Crippen LogP contribution in [-0.4, -0.2) is 40.8 Å². The quantitative estimate of drug-likeness (QED) is 0.441. The van der Waals surface area contributed by atoms with E-state index in [2.05, 4.69) is 15.5 Å². The predicted octanol–water partition coefficient (Wildman–Crippen LogP) is 2.08. The summed E-state index contributed by atoms with van der Waals surface area (Å²) in [6, 6.07) is 14.9. The van der Waals surface area contributed by atoms with Crippen LogP contribution < -0.4 is 20.6 Å². The minimum atomic E-state index is -0.141. The smallest absolute Gasteiger partial charge is 0.230 e. The van der Waals surface area contributed by atoms with Gasteiger partial charge in [0.15, 0.2) is 5.82 Å². The van der Waals surface area contributed by atoms with Crippen molar-refractivity contribution in [2.75, 3.05) is 25.8 Å². The summed E-state index contributed by atoms with van der Waals surface area (Å²) in [6.45, 7) is 0.380. The molecule has 0 atom stereocenters. The number of benzene rings is 2. The topological polar surface area (TPSA) is 104 Å². The molecule has 1 amide bonds. The van der Waals surface area contributed by atoms with Gasteiger partial charge in [-0.15, -0.1) is 10.2 Å². The molecule has 2 aromatic carbocycles. The number of carbonyl (C=O) groups is 1. The number of hydrogen-bond donors (Lipinski definition) is 2. The number of amides is 1. The Bertz CT molecular complexity index is 960. The minimum absolute atomic E-state index is 0.141. The van der Waals surface area contributed by atoms with Crippen LogP contribution in [0.5, 0.6) is 11.5 Å². The third-order valence-corrected chi connectivity index (χ3v) is 4.96. The fourth-order valence-corrected chi connectivity index (χ4v) is 3.30. The maximum Gasteiger partial charge on any atom is 0.230 e. The largest absolute Gasteiger partial charge is 0.496 e. The first-order valence-electron chi connectivity index (χ1n) is 8.49. The van der Waals surface area contributed by atoms with Gasteiger partial charge in [-0.25, -0.2) is 4.68 Å². The second kappa shape index (κ2) is 9.14. The molecule has 0 saturated heterocycles. The monoisotopic (exact) mass is 399 g/mol. The Labute approximate surface area is 167 Å². The molecule has 0 saturated carbocycles. The van der Waals surface area contributed by atoms with Crippen molar-refractivity contribution in [3.63, 3.8) is 0 Å². The van der Waals surface area contributed by atoms with E-state index in [0.29, 0.717) is 23.3 Å². The number of nitrogens with two attached hydrogens (primary N) is 1. The van der Waals surface area contributed by atoms with Crippen molar-refractivity contribution in [2.24, 2.45) is 0 Å². The highest BCUT2D eigenvalue weighted by molar-refractivity contribution is 7.99. The van der Waals surface area contributed by atoms with Crippen LogP contribution in [0.4, 0.5) is 0 Å². The summed E-state index contributed by atoms with van der Waals surface area (Å²) in [6.07, 6.45) is 0.